The molecule has 3 aromatic rings. The van der Waals surface area contributed by atoms with Gasteiger partial charge in [0.2, 0.25) is 5.91 Å². The molecule has 5 rings (SSSR count). The van der Waals surface area contributed by atoms with Crippen LogP contribution < -0.4 is 10.6 Å². The molecule has 2 aliphatic rings. The first-order valence-corrected chi connectivity index (χ1v) is 14.0. The molecule has 0 spiro atoms. The molecule has 6 nitrogen and oxygen atoms in total. The van der Waals surface area contributed by atoms with E-state index in [4.69, 9.17) is 0 Å². The number of H-pyrrole nitrogens is 1. The van der Waals surface area contributed by atoms with Crippen LogP contribution in [0.1, 0.15) is 81.6 Å². The molecule has 200 valence electrons. The number of likely N-dealkylation sites (tertiary alicyclic amines) is 1. The van der Waals surface area contributed by atoms with Gasteiger partial charge in [0.1, 0.15) is 0 Å². The second-order valence-corrected chi connectivity index (χ2v) is 9.77. The molecular formula is C31H44N4O2. The molecule has 2 fully saturated rings. The number of aromatic nitrogens is 1. The molecule has 37 heavy (non-hydrogen) atoms. The molecule has 3 N–H and O–H groups in total. The summed E-state index contributed by atoms with van der Waals surface area (Å²) in [6.45, 7) is 10.1. The standard InChI is InChI=1S/C26H30N4O2.C3H8.C2H6/c31-25(15-28-26(32)19-6-2-1-3-7-19)29-20-16-30(17-20)21-12-10-18(11-13-21)23-14-27-24-9-5-4-8-22(23)24;1-3-2;1-2/h1-9,14,18,20-21,27H,10-13,15-17H2,(H,28,32)(H,29,31);3H2,1-2H3;1-2H3. The van der Waals surface area contributed by atoms with Gasteiger partial charge in [-0.25, -0.2) is 0 Å². The Hall–Kier alpha value is -3.12. The van der Waals surface area contributed by atoms with Gasteiger partial charge in [-0.1, -0.05) is 70.5 Å². The van der Waals surface area contributed by atoms with Crippen molar-refractivity contribution >= 4 is 22.7 Å². The van der Waals surface area contributed by atoms with E-state index in [-0.39, 0.29) is 24.4 Å². The molecule has 1 saturated carbocycles. The number of nitrogens with one attached hydrogen (secondary N) is 3. The summed E-state index contributed by atoms with van der Waals surface area (Å²) in [7, 11) is 0. The highest BCUT2D eigenvalue weighted by Crippen LogP contribution is 2.38. The van der Waals surface area contributed by atoms with Gasteiger partial charge in [-0.15, -0.1) is 0 Å². The molecular weight excluding hydrogens is 460 g/mol. The number of fused-ring (bicyclic) bond motifs is 1. The Morgan fingerprint density at radius 2 is 1.54 bits per heavy atom. The first kappa shape index (κ1) is 28.5. The van der Waals surface area contributed by atoms with Gasteiger partial charge >= 0.3 is 0 Å². The molecule has 0 radical (unpaired) electrons. The van der Waals surface area contributed by atoms with Crippen LogP contribution in [0.5, 0.6) is 0 Å². The predicted octanol–water partition coefficient (Wildman–Crippen LogP) is 5.87. The minimum atomic E-state index is -0.219. The second-order valence-electron chi connectivity index (χ2n) is 9.77. The zero-order valence-electron chi connectivity index (χ0n) is 22.9. The number of aromatic amines is 1. The number of rotatable bonds is 6. The molecule has 0 bridgehead atoms. The average Bonchev–Trinajstić information content (AvgIpc) is 3.36. The largest absolute Gasteiger partial charge is 0.361 e. The first-order valence-electron chi connectivity index (χ1n) is 14.0. The summed E-state index contributed by atoms with van der Waals surface area (Å²) >= 11 is 0. The smallest absolute Gasteiger partial charge is 0.251 e. The van der Waals surface area contributed by atoms with E-state index in [2.05, 4.69) is 64.8 Å². The molecule has 2 amide bonds. The fraction of sp³-hybridized carbons (Fsp3) is 0.484. The topological polar surface area (TPSA) is 77.2 Å². The molecule has 1 aliphatic heterocycles. The summed E-state index contributed by atoms with van der Waals surface area (Å²) in [6, 6.07) is 18.3. The average molecular weight is 505 g/mol. The van der Waals surface area contributed by atoms with E-state index in [1.165, 1.54) is 48.6 Å². The Kier molecular flexibility index (Phi) is 11.2. The van der Waals surface area contributed by atoms with Gasteiger partial charge in [-0.3, -0.25) is 14.5 Å². The summed E-state index contributed by atoms with van der Waals surface area (Å²) in [5.74, 6) is 0.289. The van der Waals surface area contributed by atoms with Crippen LogP contribution in [-0.2, 0) is 4.79 Å². The lowest BCUT2D eigenvalue weighted by molar-refractivity contribution is -0.122. The van der Waals surface area contributed by atoms with E-state index < -0.39 is 0 Å². The quantitative estimate of drug-likeness (QED) is 0.393. The van der Waals surface area contributed by atoms with Gasteiger partial charge in [0.05, 0.1) is 12.6 Å². The van der Waals surface area contributed by atoms with Gasteiger partial charge in [0, 0.05) is 41.8 Å². The van der Waals surface area contributed by atoms with Gasteiger partial charge < -0.3 is 15.6 Å². The number of benzene rings is 2. The van der Waals surface area contributed by atoms with Crippen LogP contribution in [0, 0.1) is 0 Å². The minimum absolute atomic E-state index is 0.0138. The zero-order chi connectivity index (χ0) is 26.6. The lowest BCUT2D eigenvalue weighted by atomic mass is 9.80. The predicted molar refractivity (Wildman–Crippen MR) is 153 cm³/mol. The van der Waals surface area contributed by atoms with Crippen molar-refractivity contribution < 1.29 is 9.59 Å². The van der Waals surface area contributed by atoms with Gasteiger partial charge in [-0.2, -0.15) is 0 Å². The monoisotopic (exact) mass is 504 g/mol. The highest BCUT2D eigenvalue weighted by Gasteiger charge is 2.35. The minimum Gasteiger partial charge on any atom is -0.361 e. The van der Waals surface area contributed by atoms with Crippen molar-refractivity contribution in [2.75, 3.05) is 19.6 Å². The summed E-state index contributed by atoms with van der Waals surface area (Å²) < 4.78 is 0. The number of amides is 2. The number of hydrogen-bond donors (Lipinski definition) is 3. The van der Waals surface area contributed by atoms with Crippen molar-refractivity contribution in [3.05, 3.63) is 71.9 Å². The molecule has 6 heteroatoms. The third-order valence-corrected chi connectivity index (χ3v) is 6.99. The summed E-state index contributed by atoms with van der Waals surface area (Å²) in [4.78, 5) is 30.2. The number of nitrogens with zero attached hydrogens (tertiary/aromatic N) is 1. The van der Waals surface area contributed by atoms with E-state index >= 15 is 0 Å². The number of para-hydroxylation sites is 1. The third-order valence-electron chi connectivity index (χ3n) is 6.99. The van der Waals surface area contributed by atoms with Crippen LogP contribution in [-0.4, -0.2) is 53.4 Å². The molecule has 1 aromatic heterocycles. The highest BCUT2D eigenvalue weighted by molar-refractivity contribution is 5.96. The van der Waals surface area contributed by atoms with Crippen molar-refractivity contribution in [2.24, 2.45) is 0 Å². The van der Waals surface area contributed by atoms with Crippen LogP contribution in [0.4, 0.5) is 0 Å². The lowest BCUT2D eigenvalue weighted by Gasteiger charge is -2.46. The van der Waals surface area contributed by atoms with Crippen molar-refractivity contribution in [3.8, 4) is 0 Å². The van der Waals surface area contributed by atoms with Crippen LogP contribution >= 0.6 is 0 Å². The first-order chi connectivity index (χ1) is 18.1. The second kappa shape index (κ2) is 14.6. The summed E-state index contributed by atoms with van der Waals surface area (Å²) in [5.41, 5.74) is 3.26. The maximum Gasteiger partial charge on any atom is 0.251 e. The maximum absolute atomic E-state index is 12.2. The number of hydrogen-bond acceptors (Lipinski definition) is 3. The van der Waals surface area contributed by atoms with E-state index in [0.29, 0.717) is 17.5 Å². The zero-order valence-corrected chi connectivity index (χ0v) is 22.9. The molecule has 0 atom stereocenters. The SMILES string of the molecule is CC.CCC.O=C(CNC(=O)c1ccccc1)NC1CN(C2CCC(c3c[nH]c4ccccc34)CC2)C1. The fourth-order valence-electron chi connectivity index (χ4n) is 5.22. The molecule has 1 saturated heterocycles. The Bertz CT molecular complexity index is 1100. The van der Waals surface area contributed by atoms with Crippen molar-refractivity contribution in [1.29, 1.82) is 0 Å². The lowest BCUT2D eigenvalue weighted by Crippen LogP contribution is -2.63. The van der Waals surface area contributed by atoms with Gasteiger partial charge in [0.15, 0.2) is 0 Å². The normalized spacial score (nSPS) is 19.5. The molecule has 0 unspecified atom stereocenters. The van der Waals surface area contributed by atoms with E-state index in [1.54, 1.807) is 12.1 Å². The Balaban J connectivity index is 0.000000711. The van der Waals surface area contributed by atoms with Crippen LogP contribution in [0.2, 0.25) is 0 Å². The number of carbonyl (C=O) groups is 2. The van der Waals surface area contributed by atoms with Crippen molar-refractivity contribution in [2.45, 2.75) is 77.8 Å². The van der Waals surface area contributed by atoms with Crippen LogP contribution in [0.3, 0.4) is 0 Å². The molecule has 2 aromatic carbocycles. The number of carbonyl (C=O) groups excluding carboxylic acids is 2. The maximum atomic E-state index is 12.2. The Labute approximate surface area is 222 Å². The molecule has 2 heterocycles. The van der Waals surface area contributed by atoms with Crippen LogP contribution in [0.15, 0.2) is 60.8 Å². The fourth-order valence-corrected chi connectivity index (χ4v) is 5.22. The van der Waals surface area contributed by atoms with Gasteiger partial charge in [0.25, 0.3) is 5.91 Å². The summed E-state index contributed by atoms with van der Waals surface area (Å²) in [6.07, 6.45) is 8.29. The van der Waals surface area contributed by atoms with Crippen LogP contribution in [0.25, 0.3) is 10.9 Å². The Morgan fingerprint density at radius 3 is 2.22 bits per heavy atom. The highest BCUT2D eigenvalue weighted by atomic mass is 16.2. The Morgan fingerprint density at radius 1 is 0.919 bits per heavy atom. The van der Waals surface area contributed by atoms with E-state index in [1.807, 2.05) is 32.0 Å². The van der Waals surface area contributed by atoms with E-state index in [0.717, 1.165) is 13.1 Å². The summed E-state index contributed by atoms with van der Waals surface area (Å²) in [5, 5.41) is 7.10. The van der Waals surface area contributed by atoms with E-state index in [9.17, 15) is 9.59 Å². The third kappa shape index (κ3) is 7.68. The molecule has 1 aliphatic carbocycles. The van der Waals surface area contributed by atoms with Crippen molar-refractivity contribution in [3.63, 3.8) is 0 Å². The van der Waals surface area contributed by atoms with Crippen molar-refractivity contribution in [1.82, 2.24) is 20.5 Å². The van der Waals surface area contributed by atoms with Gasteiger partial charge in [-0.05, 0) is 55.4 Å².